The minimum Gasteiger partial charge on any atom is -0.382 e. The molecule has 28 heavy (non-hydrogen) atoms. The molecule has 1 aliphatic rings. The van der Waals surface area contributed by atoms with Gasteiger partial charge in [0.05, 0.1) is 24.7 Å². The Bertz CT molecular complexity index is 745. The molecule has 0 saturated carbocycles. The second kappa shape index (κ2) is 11.6. The molecule has 1 atom stereocenters. The fourth-order valence-electron chi connectivity index (χ4n) is 2.96. The molecule has 0 bridgehead atoms. The second-order valence-corrected chi connectivity index (χ2v) is 8.70. The van der Waals surface area contributed by atoms with Crippen LogP contribution in [0.5, 0.6) is 0 Å². The number of hydrogen-bond donors (Lipinski definition) is 2. The molecule has 10 heteroatoms. The third kappa shape index (κ3) is 7.21. The molecule has 0 aliphatic carbocycles. The summed E-state index contributed by atoms with van der Waals surface area (Å²) in [5, 5.41) is 3.59. The molecule has 1 unspecified atom stereocenters. The van der Waals surface area contributed by atoms with Gasteiger partial charge in [-0.05, 0) is 24.6 Å². The zero-order chi connectivity index (χ0) is 20.4. The van der Waals surface area contributed by atoms with Gasteiger partial charge in [0.1, 0.15) is 0 Å². The Morgan fingerprint density at radius 2 is 2.18 bits per heavy atom. The molecule has 8 nitrogen and oxygen atoms in total. The Kier molecular flexibility index (Phi) is 9.46. The fraction of sp³-hybridized carbons (Fsp3) is 0.611. The van der Waals surface area contributed by atoms with Crippen molar-refractivity contribution in [1.82, 2.24) is 14.9 Å². The van der Waals surface area contributed by atoms with Crippen LogP contribution in [-0.4, -0.2) is 79.4 Å². The van der Waals surface area contributed by atoms with E-state index in [1.165, 1.54) is 12.1 Å². The van der Waals surface area contributed by atoms with E-state index in [2.05, 4.69) is 19.9 Å². The Labute approximate surface area is 172 Å². The van der Waals surface area contributed by atoms with Crippen LogP contribution in [0, 0.1) is 5.92 Å². The van der Waals surface area contributed by atoms with E-state index in [1.54, 1.807) is 26.3 Å². The predicted octanol–water partition coefficient (Wildman–Crippen LogP) is 1.18. The van der Waals surface area contributed by atoms with Crippen LogP contribution in [0.25, 0.3) is 0 Å². The molecular weight excluding hydrogens is 404 g/mol. The van der Waals surface area contributed by atoms with Crippen molar-refractivity contribution < 1.29 is 17.9 Å². The number of methoxy groups -OCH3 is 1. The largest absolute Gasteiger partial charge is 0.382 e. The summed E-state index contributed by atoms with van der Waals surface area (Å²) < 4.78 is 37.7. The number of benzene rings is 1. The van der Waals surface area contributed by atoms with Crippen LogP contribution >= 0.6 is 11.6 Å². The van der Waals surface area contributed by atoms with Crippen LogP contribution in [0.4, 0.5) is 0 Å². The number of rotatable bonds is 10. The maximum absolute atomic E-state index is 12.3. The molecule has 2 rings (SSSR count). The van der Waals surface area contributed by atoms with Gasteiger partial charge in [0.2, 0.25) is 10.0 Å². The van der Waals surface area contributed by atoms with Crippen molar-refractivity contribution >= 4 is 27.6 Å². The molecular formula is C18H29ClN4O4S. The standard InChI is InChI=1S/C18H29ClN4O4S/c1-20-18(23-9-6-15(13-23)14-27-11-10-26-2)21-7-8-22-28(24,25)17-5-3-4-16(19)12-17/h3-5,12,15,22H,6-11,13-14H2,1-2H3,(H,20,21). The first-order chi connectivity index (χ1) is 13.5. The van der Waals surface area contributed by atoms with E-state index >= 15 is 0 Å². The molecule has 0 aromatic heterocycles. The maximum atomic E-state index is 12.3. The molecule has 0 radical (unpaired) electrons. The van der Waals surface area contributed by atoms with Gasteiger partial charge in [-0.3, -0.25) is 4.99 Å². The Balaban J connectivity index is 1.73. The lowest BCUT2D eigenvalue weighted by Crippen LogP contribution is -2.43. The third-order valence-electron chi connectivity index (χ3n) is 4.39. The highest BCUT2D eigenvalue weighted by atomic mass is 35.5. The minimum atomic E-state index is -3.59. The normalized spacial score (nSPS) is 17.9. The van der Waals surface area contributed by atoms with Crippen molar-refractivity contribution in [3.63, 3.8) is 0 Å². The van der Waals surface area contributed by atoms with E-state index in [0.29, 0.717) is 37.3 Å². The zero-order valence-electron chi connectivity index (χ0n) is 16.4. The molecule has 1 heterocycles. The summed E-state index contributed by atoms with van der Waals surface area (Å²) in [5.41, 5.74) is 0. The molecule has 1 aromatic carbocycles. The number of nitrogens with zero attached hydrogens (tertiary/aromatic N) is 2. The van der Waals surface area contributed by atoms with Crippen LogP contribution < -0.4 is 10.0 Å². The lowest BCUT2D eigenvalue weighted by molar-refractivity contribution is 0.0536. The highest BCUT2D eigenvalue weighted by Gasteiger charge is 2.25. The number of sulfonamides is 1. The molecule has 1 fully saturated rings. The molecule has 1 aliphatic heterocycles. The summed E-state index contributed by atoms with van der Waals surface area (Å²) in [7, 11) is -0.204. The van der Waals surface area contributed by atoms with Crippen molar-refractivity contribution in [3.8, 4) is 0 Å². The van der Waals surface area contributed by atoms with Crippen molar-refractivity contribution in [2.45, 2.75) is 11.3 Å². The topological polar surface area (TPSA) is 92.3 Å². The van der Waals surface area contributed by atoms with Gasteiger partial charge >= 0.3 is 0 Å². The van der Waals surface area contributed by atoms with Crippen molar-refractivity contribution in [3.05, 3.63) is 29.3 Å². The smallest absolute Gasteiger partial charge is 0.240 e. The number of halogens is 1. The van der Waals surface area contributed by atoms with Gasteiger partial charge in [0.15, 0.2) is 5.96 Å². The van der Waals surface area contributed by atoms with Gasteiger partial charge in [-0.25, -0.2) is 13.1 Å². The van der Waals surface area contributed by atoms with E-state index in [9.17, 15) is 8.42 Å². The number of guanidine groups is 1. The average molecular weight is 433 g/mol. The predicted molar refractivity (Wildman–Crippen MR) is 110 cm³/mol. The summed E-state index contributed by atoms with van der Waals surface area (Å²) in [6.45, 7) is 4.34. The first-order valence-corrected chi connectivity index (χ1v) is 11.1. The van der Waals surface area contributed by atoms with E-state index in [1.807, 2.05) is 0 Å². The van der Waals surface area contributed by atoms with Crippen LogP contribution in [0.3, 0.4) is 0 Å². The van der Waals surface area contributed by atoms with Gasteiger partial charge in [0, 0.05) is 51.3 Å². The molecule has 0 amide bonds. The van der Waals surface area contributed by atoms with Crippen LogP contribution in [0.1, 0.15) is 6.42 Å². The van der Waals surface area contributed by atoms with Gasteiger partial charge in [-0.2, -0.15) is 0 Å². The van der Waals surface area contributed by atoms with Crippen molar-refractivity contribution in [2.75, 3.05) is 60.2 Å². The van der Waals surface area contributed by atoms with E-state index < -0.39 is 10.0 Å². The van der Waals surface area contributed by atoms with Gasteiger partial charge in [0.25, 0.3) is 0 Å². The summed E-state index contributed by atoms with van der Waals surface area (Å²) in [5.74, 6) is 1.22. The second-order valence-electron chi connectivity index (χ2n) is 6.50. The van der Waals surface area contributed by atoms with Crippen molar-refractivity contribution in [2.24, 2.45) is 10.9 Å². The third-order valence-corrected chi connectivity index (χ3v) is 6.08. The fourth-order valence-corrected chi connectivity index (χ4v) is 4.30. The Hall–Kier alpha value is -1.39. The summed E-state index contributed by atoms with van der Waals surface area (Å²) in [6.07, 6.45) is 1.04. The number of likely N-dealkylation sites (tertiary alicyclic amines) is 1. The molecule has 2 N–H and O–H groups in total. The quantitative estimate of drug-likeness (QED) is 0.327. The first kappa shape index (κ1) is 22.9. The molecule has 0 spiro atoms. The van der Waals surface area contributed by atoms with Gasteiger partial charge in [-0.1, -0.05) is 17.7 Å². The maximum Gasteiger partial charge on any atom is 0.240 e. The van der Waals surface area contributed by atoms with Crippen molar-refractivity contribution in [1.29, 1.82) is 0 Å². The lowest BCUT2D eigenvalue weighted by atomic mass is 10.1. The first-order valence-electron chi connectivity index (χ1n) is 9.23. The van der Waals surface area contributed by atoms with Crippen LogP contribution in [0.15, 0.2) is 34.2 Å². The number of hydrogen-bond acceptors (Lipinski definition) is 5. The summed E-state index contributed by atoms with van der Waals surface area (Å²) >= 11 is 5.86. The zero-order valence-corrected chi connectivity index (χ0v) is 17.9. The SMILES string of the molecule is CN=C(NCCNS(=O)(=O)c1cccc(Cl)c1)N1CCC(COCCOC)C1. The number of aliphatic imine (C=N–C) groups is 1. The number of ether oxygens (including phenoxy) is 2. The van der Waals surface area contributed by atoms with E-state index in [0.717, 1.165) is 25.5 Å². The number of nitrogens with one attached hydrogen (secondary N) is 2. The molecule has 158 valence electrons. The average Bonchev–Trinajstić information content (AvgIpc) is 3.14. The van der Waals surface area contributed by atoms with Crippen LogP contribution in [0.2, 0.25) is 5.02 Å². The molecule has 1 aromatic rings. The van der Waals surface area contributed by atoms with Gasteiger partial charge < -0.3 is 19.7 Å². The highest BCUT2D eigenvalue weighted by molar-refractivity contribution is 7.89. The highest BCUT2D eigenvalue weighted by Crippen LogP contribution is 2.17. The summed E-state index contributed by atoms with van der Waals surface area (Å²) in [6, 6.07) is 6.19. The van der Waals surface area contributed by atoms with Crippen LogP contribution in [-0.2, 0) is 19.5 Å². The minimum absolute atomic E-state index is 0.153. The summed E-state index contributed by atoms with van der Waals surface area (Å²) in [4.78, 5) is 6.61. The van der Waals surface area contributed by atoms with E-state index in [4.69, 9.17) is 21.1 Å². The Morgan fingerprint density at radius 1 is 1.36 bits per heavy atom. The van der Waals surface area contributed by atoms with Gasteiger partial charge in [-0.15, -0.1) is 0 Å². The molecule has 1 saturated heterocycles. The lowest BCUT2D eigenvalue weighted by Gasteiger charge is -2.22. The monoisotopic (exact) mass is 432 g/mol. The van der Waals surface area contributed by atoms with E-state index in [-0.39, 0.29) is 11.4 Å². The Morgan fingerprint density at radius 3 is 2.89 bits per heavy atom.